The van der Waals surface area contributed by atoms with E-state index in [1.807, 2.05) is 13.1 Å². The van der Waals surface area contributed by atoms with Gasteiger partial charge in [-0.1, -0.05) is 58.4 Å². The first-order valence-corrected chi connectivity index (χ1v) is 6.09. The average Bonchev–Trinajstić information content (AvgIpc) is 2.31. The summed E-state index contributed by atoms with van der Waals surface area (Å²) in [5.41, 5.74) is 3.78. The lowest BCUT2D eigenvalue weighted by Crippen LogP contribution is -2.04. The van der Waals surface area contributed by atoms with Crippen LogP contribution in [0.25, 0.3) is 11.1 Å². The Morgan fingerprint density at radius 2 is 1.69 bits per heavy atom. The van der Waals surface area contributed by atoms with Crippen molar-refractivity contribution in [1.82, 2.24) is 5.32 Å². The lowest BCUT2D eigenvalue weighted by atomic mass is 10.0. The van der Waals surface area contributed by atoms with Crippen LogP contribution in [0.5, 0.6) is 0 Å². The summed E-state index contributed by atoms with van der Waals surface area (Å²) in [5.74, 6) is 0. The lowest BCUT2D eigenvalue weighted by Gasteiger charge is -2.06. The van der Waals surface area contributed by atoms with Crippen molar-refractivity contribution in [2.75, 3.05) is 7.05 Å². The van der Waals surface area contributed by atoms with Crippen LogP contribution >= 0.6 is 15.9 Å². The van der Waals surface area contributed by atoms with Crippen molar-refractivity contribution in [3.05, 3.63) is 58.6 Å². The molecule has 1 N–H and O–H groups in total. The summed E-state index contributed by atoms with van der Waals surface area (Å²) in [6.45, 7) is 0.913. The van der Waals surface area contributed by atoms with E-state index in [9.17, 15) is 0 Å². The molecule has 2 heteroatoms. The molecule has 0 bridgehead atoms. The molecule has 2 aromatic carbocycles. The summed E-state index contributed by atoms with van der Waals surface area (Å²) in [6, 6.07) is 16.9. The summed E-state index contributed by atoms with van der Waals surface area (Å²) in [4.78, 5) is 0. The zero-order valence-corrected chi connectivity index (χ0v) is 10.8. The monoisotopic (exact) mass is 275 g/mol. The van der Waals surface area contributed by atoms with Crippen LogP contribution in [0.1, 0.15) is 5.56 Å². The fraction of sp³-hybridized carbons (Fsp3) is 0.143. The molecule has 0 aromatic heterocycles. The molecule has 0 amide bonds. The maximum absolute atomic E-state index is 3.57. The summed E-state index contributed by atoms with van der Waals surface area (Å²) in [7, 11) is 1.96. The van der Waals surface area contributed by atoms with Crippen molar-refractivity contribution < 1.29 is 0 Å². The van der Waals surface area contributed by atoms with E-state index in [0.29, 0.717) is 0 Å². The minimum absolute atomic E-state index is 0.913. The van der Waals surface area contributed by atoms with Gasteiger partial charge in [-0.05, 0) is 29.8 Å². The standard InChI is InChI=1S/C14H14BrN/c1-16-10-11-6-8-12(9-7-11)13-4-2-3-5-14(13)15/h2-9,16H,10H2,1H3. The van der Waals surface area contributed by atoms with E-state index in [-0.39, 0.29) is 0 Å². The van der Waals surface area contributed by atoms with Gasteiger partial charge in [0.05, 0.1) is 0 Å². The Kier molecular flexibility index (Phi) is 3.75. The summed E-state index contributed by atoms with van der Waals surface area (Å²) < 4.78 is 1.14. The van der Waals surface area contributed by atoms with E-state index < -0.39 is 0 Å². The third kappa shape index (κ3) is 2.52. The van der Waals surface area contributed by atoms with Crippen molar-refractivity contribution in [2.24, 2.45) is 0 Å². The Hall–Kier alpha value is -1.12. The van der Waals surface area contributed by atoms with Crippen molar-refractivity contribution >= 4 is 15.9 Å². The molecule has 2 rings (SSSR count). The van der Waals surface area contributed by atoms with Crippen LogP contribution in [0.4, 0.5) is 0 Å². The normalized spacial score (nSPS) is 10.4. The molecule has 0 aliphatic heterocycles. The van der Waals surface area contributed by atoms with Crippen LogP contribution in [0.15, 0.2) is 53.0 Å². The minimum Gasteiger partial charge on any atom is -0.316 e. The molecule has 16 heavy (non-hydrogen) atoms. The minimum atomic E-state index is 0.913. The third-order valence-electron chi connectivity index (χ3n) is 2.52. The quantitative estimate of drug-likeness (QED) is 0.898. The maximum Gasteiger partial charge on any atom is 0.0253 e. The van der Waals surface area contributed by atoms with Gasteiger partial charge in [-0.25, -0.2) is 0 Å². The molecule has 2 aromatic rings. The fourth-order valence-corrected chi connectivity index (χ4v) is 2.22. The highest BCUT2D eigenvalue weighted by Gasteiger charge is 2.01. The van der Waals surface area contributed by atoms with Gasteiger partial charge in [0.1, 0.15) is 0 Å². The Morgan fingerprint density at radius 1 is 1.00 bits per heavy atom. The second-order valence-electron chi connectivity index (χ2n) is 3.71. The Labute approximate surface area is 105 Å². The second-order valence-corrected chi connectivity index (χ2v) is 4.56. The van der Waals surface area contributed by atoms with Gasteiger partial charge >= 0.3 is 0 Å². The number of halogens is 1. The van der Waals surface area contributed by atoms with Gasteiger partial charge in [0.15, 0.2) is 0 Å². The first-order valence-electron chi connectivity index (χ1n) is 5.29. The Morgan fingerprint density at radius 3 is 2.31 bits per heavy atom. The predicted molar refractivity (Wildman–Crippen MR) is 72.3 cm³/mol. The van der Waals surface area contributed by atoms with Gasteiger partial charge in [0.2, 0.25) is 0 Å². The Bertz CT molecular complexity index is 462. The zero-order chi connectivity index (χ0) is 11.4. The van der Waals surface area contributed by atoms with E-state index in [0.717, 1.165) is 11.0 Å². The third-order valence-corrected chi connectivity index (χ3v) is 3.21. The number of benzene rings is 2. The van der Waals surface area contributed by atoms with Crippen LogP contribution in [0.2, 0.25) is 0 Å². The molecule has 0 atom stereocenters. The SMILES string of the molecule is CNCc1ccc(-c2ccccc2Br)cc1. The summed E-state index contributed by atoms with van der Waals surface area (Å²) >= 11 is 3.57. The summed E-state index contributed by atoms with van der Waals surface area (Å²) in [5, 5.41) is 3.15. The molecule has 0 spiro atoms. The van der Waals surface area contributed by atoms with Crippen LogP contribution in [-0.2, 0) is 6.54 Å². The molecule has 0 unspecified atom stereocenters. The van der Waals surface area contributed by atoms with Gasteiger partial charge < -0.3 is 5.32 Å². The van der Waals surface area contributed by atoms with E-state index in [4.69, 9.17) is 0 Å². The molecular weight excluding hydrogens is 262 g/mol. The van der Waals surface area contributed by atoms with Crippen molar-refractivity contribution in [3.63, 3.8) is 0 Å². The zero-order valence-electron chi connectivity index (χ0n) is 9.20. The number of hydrogen-bond acceptors (Lipinski definition) is 1. The lowest BCUT2D eigenvalue weighted by molar-refractivity contribution is 0.818. The molecule has 0 saturated carbocycles. The van der Waals surface area contributed by atoms with Crippen LogP contribution < -0.4 is 5.32 Å². The van der Waals surface area contributed by atoms with E-state index in [2.05, 4.69) is 63.7 Å². The Balaban J connectivity index is 2.31. The van der Waals surface area contributed by atoms with E-state index in [1.165, 1.54) is 16.7 Å². The highest BCUT2D eigenvalue weighted by atomic mass is 79.9. The summed E-state index contributed by atoms with van der Waals surface area (Å²) in [6.07, 6.45) is 0. The van der Waals surface area contributed by atoms with Crippen molar-refractivity contribution in [1.29, 1.82) is 0 Å². The molecule has 0 heterocycles. The van der Waals surface area contributed by atoms with Crippen LogP contribution in [-0.4, -0.2) is 7.05 Å². The van der Waals surface area contributed by atoms with Gasteiger partial charge in [-0.15, -0.1) is 0 Å². The second kappa shape index (κ2) is 5.28. The topological polar surface area (TPSA) is 12.0 Å². The van der Waals surface area contributed by atoms with Crippen LogP contribution in [0, 0.1) is 0 Å². The van der Waals surface area contributed by atoms with Gasteiger partial charge in [0, 0.05) is 11.0 Å². The van der Waals surface area contributed by atoms with Crippen LogP contribution in [0.3, 0.4) is 0 Å². The largest absolute Gasteiger partial charge is 0.316 e. The van der Waals surface area contributed by atoms with Gasteiger partial charge in [0.25, 0.3) is 0 Å². The molecule has 0 fully saturated rings. The number of nitrogens with one attached hydrogen (secondary N) is 1. The van der Waals surface area contributed by atoms with Gasteiger partial charge in [-0.2, -0.15) is 0 Å². The number of hydrogen-bond donors (Lipinski definition) is 1. The molecule has 1 nitrogen and oxygen atoms in total. The van der Waals surface area contributed by atoms with Crippen molar-refractivity contribution in [2.45, 2.75) is 6.54 Å². The molecule has 0 aliphatic rings. The van der Waals surface area contributed by atoms with E-state index >= 15 is 0 Å². The highest BCUT2D eigenvalue weighted by molar-refractivity contribution is 9.10. The highest BCUT2D eigenvalue weighted by Crippen LogP contribution is 2.27. The molecule has 0 saturated heterocycles. The first-order chi connectivity index (χ1) is 7.81. The average molecular weight is 276 g/mol. The van der Waals surface area contributed by atoms with Gasteiger partial charge in [-0.3, -0.25) is 0 Å². The molecule has 82 valence electrons. The fourth-order valence-electron chi connectivity index (χ4n) is 1.70. The molecule has 0 radical (unpaired) electrons. The first kappa shape index (κ1) is 11.4. The number of rotatable bonds is 3. The smallest absolute Gasteiger partial charge is 0.0253 e. The maximum atomic E-state index is 3.57. The molecular formula is C14H14BrN. The van der Waals surface area contributed by atoms with E-state index in [1.54, 1.807) is 0 Å². The molecule has 0 aliphatic carbocycles. The van der Waals surface area contributed by atoms with Crippen molar-refractivity contribution in [3.8, 4) is 11.1 Å². The predicted octanol–water partition coefficient (Wildman–Crippen LogP) is 3.84.